The van der Waals surface area contributed by atoms with E-state index in [1.807, 2.05) is 12.1 Å². The molecule has 1 nitrogen and oxygen atoms in total. The van der Waals surface area contributed by atoms with Crippen molar-refractivity contribution in [2.45, 2.75) is 45.6 Å². The molecule has 0 spiro atoms. The first-order valence-electron chi connectivity index (χ1n) is 6.54. The first-order valence-corrected chi connectivity index (χ1v) is 6.92. The van der Waals surface area contributed by atoms with Gasteiger partial charge in [0.15, 0.2) is 0 Å². The summed E-state index contributed by atoms with van der Waals surface area (Å²) in [7, 11) is 0. The molecule has 2 rings (SSSR count). The Kier molecular flexibility index (Phi) is 3.98. The van der Waals surface area contributed by atoms with Crippen LogP contribution in [0.1, 0.15) is 45.1 Å². The molecule has 1 aliphatic heterocycles. The molecule has 1 saturated heterocycles. The van der Waals surface area contributed by atoms with Crippen LogP contribution in [-0.2, 0) is 0 Å². The fourth-order valence-electron chi connectivity index (χ4n) is 2.79. The second-order valence-electron chi connectivity index (χ2n) is 6.45. The first-order chi connectivity index (χ1) is 8.37. The fourth-order valence-corrected chi connectivity index (χ4v) is 2.97. The number of hydrogen-bond donors (Lipinski definition) is 1. The lowest BCUT2D eigenvalue weighted by molar-refractivity contribution is 0.324. The van der Waals surface area contributed by atoms with Crippen LogP contribution in [-0.4, -0.2) is 12.6 Å². The van der Waals surface area contributed by atoms with Crippen LogP contribution < -0.4 is 5.32 Å². The Labute approximate surface area is 114 Å². The minimum atomic E-state index is -0.248. The Balaban J connectivity index is 2.07. The average Bonchev–Trinajstić information content (AvgIpc) is 2.68. The van der Waals surface area contributed by atoms with Crippen molar-refractivity contribution in [2.24, 2.45) is 5.41 Å². The summed E-state index contributed by atoms with van der Waals surface area (Å²) in [6.07, 6.45) is 2.11. The molecule has 0 aliphatic carbocycles. The average molecular weight is 270 g/mol. The van der Waals surface area contributed by atoms with Crippen molar-refractivity contribution in [3.05, 3.63) is 34.6 Å². The maximum atomic E-state index is 14.0. The maximum absolute atomic E-state index is 14.0. The van der Waals surface area contributed by atoms with Gasteiger partial charge in [-0.3, -0.25) is 0 Å². The van der Waals surface area contributed by atoms with Crippen molar-refractivity contribution in [1.82, 2.24) is 5.32 Å². The van der Waals surface area contributed by atoms with Crippen LogP contribution in [0.2, 0.25) is 5.02 Å². The van der Waals surface area contributed by atoms with Crippen molar-refractivity contribution in [2.75, 3.05) is 6.54 Å². The minimum absolute atomic E-state index is 0.228. The standard InChI is InChI=1S/C15H21ClFN/c1-15(2,3)8-11-7-10(9-18-11)12-5-4-6-13(16)14(12)17/h4-6,10-11,18H,7-9H2,1-3H3. The van der Waals surface area contributed by atoms with Gasteiger partial charge >= 0.3 is 0 Å². The number of halogens is 2. The molecule has 0 saturated carbocycles. The van der Waals surface area contributed by atoms with E-state index in [-0.39, 0.29) is 16.8 Å². The van der Waals surface area contributed by atoms with Gasteiger partial charge in [0.05, 0.1) is 5.02 Å². The maximum Gasteiger partial charge on any atom is 0.145 e. The molecule has 0 aromatic heterocycles. The lowest BCUT2D eigenvalue weighted by Gasteiger charge is -2.23. The van der Waals surface area contributed by atoms with Gasteiger partial charge < -0.3 is 5.32 Å². The summed E-state index contributed by atoms with van der Waals surface area (Å²) >= 11 is 5.84. The van der Waals surface area contributed by atoms with Crippen LogP contribution in [0.3, 0.4) is 0 Å². The minimum Gasteiger partial charge on any atom is -0.313 e. The van der Waals surface area contributed by atoms with Gasteiger partial charge in [-0.25, -0.2) is 4.39 Å². The molecule has 1 aliphatic rings. The third-order valence-corrected chi connectivity index (χ3v) is 3.79. The van der Waals surface area contributed by atoms with E-state index in [0.717, 1.165) is 24.9 Å². The molecule has 100 valence electrons. The highest BCUT2D eigenvalue weighted by Gasteiger charge is 2.30. The zero-order chi connectivity index (χ0) is 13.3. The smallest absolute Gasteiger partial charge is 0.145 e. The van der Waals surface area contributed by atoms with E-state index in [2.05, 4.69) is 26.1 Å². The predicted octanol–water partition coefficient (Wildman–Crippen LogP) is 4.36. The van der Waals surface area contributed by atoms with Crippen LogP contribution >= 0.6 is 11.6 Å². The molecular formula is C15H21ClFN. The van der Waals surface area contributed by atoms with Gasteiger partial charge in [-0.05, 0) is 29.9 Å². The van der Waals surface area contributed by atoms with Gasteiger partial charge in [0, 0.05) is 18.5 Å². The molecule has 2 unspecified atom stereocenters. The normalized spacial score (nSPS) is 24.5. The molecule has 1 heterocycles. The van der Waals surface area contributed by atoms with Crippen LogP contribution in [0.4, 0.5) is 4.39 Å². The lowest BCUT2D eigenvalue weighted by atomic mass is 9.85. The Morgan fingerprint density at radius 3 is 2.78 bits per heavy atom. The Bertz CT molecular complexity index is 425. The zero-order valence-corrected chi connectivity index (χ0v) is 12.0. The zero-order valence-electron chi connectivity index (χ0n) is 11.3. The third kappa shape index (κ3) is 3.24. The molecule has 1 aromatic carbocycles. The fraction of sp³-hybridized carbons (Fsp3) is 0.600. The molecule has 3 heteroatoms. The molecule has 0 amide bonds. The second kappa shape index (κ2) is 5.18. The molecule has 2 atom stereocenters. The summed E-state index contributed by atoms with van der Waals surface area (Å²) in [5.41, 5.74) is 1.06. The summed E-state index contributed by atoms with van der Waals surface area (Å²) in [5.74, 6) is -0.00146. The molecule has 0 radical (unpaired) electrons. The number of rotatable bonds is 2. The summed E-state index contributed by atoms with van der Waals surface area (Å²) in [4.78, 5) is 0. The molecule has 1 aromatic rings. The Hall–Kier alpha value is -0.600. The number of benzene rings is 1. The van der Waals surface area contributed by atoms with Crippen molar-refractivity contribution >= 4 is 11.6 Å². The number of nitrogens with one attached hydrogen (secondary N) is 1. The SMILES string of the molecule is CC(C)(C)CC1CC(c2cccc(Cl)c2F)CN1. The first kappa shape index (κ1) is 13.8. The van der Waals surface area contributed by atoms with Gasteiger partial charge in [-0.15, -0.1) is 0 Å². The summed E-state index contributed by atoms with van der Waals surface area (Å²) in [6.45, 7) is 7.56. The quantitative estimate of drug-likeness (QED) is 0.841. The predicted molar refractivity (Wildman–Crippen MR) is 74.6 cm³/mol. The third-order valence-electron chi connectivity index (χ3n) is 3.50. The highest BCUT2D eigenvalue weighted by atomic mass is 35.5. The summed E-state index contributed by atoms with van der Waals surface area (Å²) in [5, 5.41) is 3.73. The monoisotopic (exact) mass is 269 g/mol. The largest absolute Gasteiger partial charge is 0.313 e. The van der Waals surface area contributed by atoms with Gasteiger partial charge in [0.2, 0.25) is 0 Å². The second-order valence-corrected chi connectivity index (χ2v) is 6.85. The van der Waals surface area contributed by atoms with Gasteiger partial charge in [0.1, 0.15) is 5.82 Å². The van der Waals surface area contributed by atoms with Gasteiger partial charge in [0.25, 0.3) is 0 Å². The van der Waals surface area contributed by atoms with Crippen LogP contribution in [0.25, 0.3) is 0 Å². The summed E-state index contributed by atoms with van der Waals surface area (Å²) < 4.78 is 14.0. The number of hydrogen-bond acceptors (Lipinski definition) is 1. The van der Waals surface area contributed by atoms with E-state index in [1.165, 1.54) is 0 Å². The van der Waals surface area contributed by atoms with Gasteiger partial charge in [-0.2, -0.15) is 0 Å². The Morgan fingerprint density at radius 2 is 2.11 bits per heavy atom. The molecule has 1 N–H and O–H groups in total. The lowest BCUT2D eigenvalue weighted by Crippen LogP contribution is -2.26. The summed E-state index contributed by atoms with van der Waals surface area (Å²) in [6, 6.07) is 5.77. The van der Waals surface area contributed by atoms with Crippen LogP contribution in [0, 0.1) is 11.2 Å². The van der Waals surface area contributed by atoms with E-state index in [4.69, 9.17) is 11.6 Å². The van der Waals surface area contributed by atoms with Crippen molar-refractivity contribution < 1.29 is 4.39 Å². The van der Waals surface area contributed by atoms with Crippen LogP contribution in [0.5, 0.6) is 0 Å². The Morgan fingerprint density at radius 1 is 1.39 bits per heavy atom. The van der Waals surface area contributed by atoms with Gasteiger partial charge in [-0.1, -0.05) is 44.5 Å². The molecule has 0 bridgehead atoms. The van der Waals surface area contributed by atoms with Crippen LogP contribution in [0.15, 0.2) is 18.2 Å². The van der Waals surface area contributed by atoms with Crippen molar-refractivity contribution in [1.29, 1.82) is 0 Å². The van der Waals surface area contributed by atoms with E-state index in [9.17, 15) is 4.39 Å². The van der Waals surface area contributed by atoms with E-state index in [1.54, 1.807) is 6.07 Å². The highest BCUT2D eigenvalue weighted by molar-refractivity contribution is 6.30. The van der Waals surface area contributed by atoms with E-state index < -0.39 is 0 Å². The van der Waals surface area contributed by atoms with E-state index in [0.29, 0.717) is 11.5 Å². The molecular weight excluding hydrogens is 249 g/mol. The topological polar surface area (TPSA) is 12.0 Å². The van der Waals surface area contributed by atoms with Crippen molar-refractivity contribution in [3.63, 3.8) is 0 Å². The molecule has 1 fully saturated rings. The molecule has 18 heavy (non-hydrogen) atoms. The van der Waals surface area contributed by atoms with Crippen molar-refractivity contribution in [3.8, 4) is 0 Å². The highest BCUT2D eigenvalue weighted by Crippen LogP contribution is 2.34. The van der Waals surface area contributed by atoms with E-state index >= 15 is 0 Å².